The van der Waals surface area contributed by atoms with Gasteiger partial charge in [0.15, 0.2) is 40.6 Å². The summed E-state index contributed by atoms with van der Waals surface area (Å²) in [5, 5.41) is 0. The molecule has 9 nitrogen and oxygen atoms in total. The molecule has 0 radical (unpaired) electrons. The second-order valence-electron chi connectivity index (χ2n) is 7.82. The standard InChI is InChI=1S/C25H18O9/c1-3-34-25(32)19-22(29)14-7-5-12(9-16(14)24(19)31)20(27)11-4-6-13-15(8-11)23(30)18(21(13)28)17(26)10-33-2/h4-9,18-19H,3,10H2,1-2H3. The van der Waals surface area contributed by atoms with Crippen LogP contribution in [0.1, 0.15) is 64.3 Å². The SMILES string of the molecule is CCOC(=O)C1C(=O)c2ccc(C(=O)c3ccc4c(c3)C(=O)C(C(=O)COC)C4=O)cc2C1=O. The van der Waals surface area contributed by atoms with Crippen LogP contribution in [-0.4, -0.2) is 61.0 Å². The van der Waals surface area contributed by atoms with Gasteiger partial charge in [0, 0.05) is 40.5 Å². The highest BCUT2D eigenvalue weighted by Gasteiger charge is 2.45. The zero-order chi connectivity index (χ0) is 24.7. The molecule has 0 aliphatic heterocycles. The fourth-order valence-electron chi connectivity index (χ4n) is 4.19. The van der Waals surface area contributed by atoms with Crippen LogP contribution in [0.15, 0.2) is 36.4 Å². The second kappa shape index (κ2) is 8.68. The fraction of sp³-hybridized carbons (Fsp3) is 0.240. The van der Waals surface area contributed by atoms with E-state index in [1.807, 2.05) is 0 Å². The molecule has 2 aromatic rings. The van der Waals surface area contributed by atoms with Crippen LogP contribution in [-0.2, 0) is 19.1 Å². The number of methoxy groups -OCH3 is 1. The molecule has 172 valence electrons. The van der Waals surface area contributed by atoms with Crippen molar-refractivity contribution in [3.05, 3.63) is 69.8 Å². The van der Waals surface area contributed by atoms with E-state index in [4.69, 9.17) is 9.47 Å². The molecule has 2 aliphatic rings. The van der Waals surface area contributed by atoms with E-state index in [0.717, 1.165) is 0 Å². The van der Waals surface area contributed by atoms with E-state index in [-0.39, 0.29) is 40.0 Å². The van der Waals surface area contributed by atoms with Crippen LogP contribution in [0.4, 0.5) is 0 Å². The summed E-state index contributed by atoms with van der Waals surface area (Å²) in [5.41, 5.74) is 0.0648. The zero-order valence-electron chi connectivity index (χ0n) is 18.2. The minimum absolute atomic E-state index is 0.00739. The maximum absolute atomic E-state index is 13.1. The highest BCUT2D eigenvalue weighted by molar-refractivity contribution is 6.36. The van der Waals surface area contributed by atoms with Crippen molar-refractivity contribution < 1.29 is 43.0 Å². The van der Waals surface area contributed by atoms with Crippen molar-refractivity contribution in [1.82, 2.24) is 0 Å². The van der Waals surface area contributed by atoms with Crippen LogP contribution in [0, 0.1) is 11.8 Å². The predicted molar refractivity (Wildman–Crippen MR) is 114 cm³/mol. The molecule has 0 saturated heterocycles. The van der Waals surface area contributed by atoms with Gasteiger partial charge in [0.1, 0.15) is 12.5 Å². The number of hydrogen-bond acceptors (Lipinski definition) is 9. The molecule has 4 rings (SSSR count). The van der Waals surface area contributed by atoms with Gasteiger partial charge < -0.3 is 9.47 Å². The van der Waals surface area contributed by atoms with Crippen LogP contribution < -0.4 is 0 Å². The number of hydrogen-bond donors (Lipinski definition) is 0. The quantitative estimate of drug-likeness (QED) is 0.342. The third kappa shape index (κ3) is 3.50. The maximum atomic E-state index is 13.1. The number of rotatable bonds is 7. The highest BCUT2D eigenvalue weighted by atomic mass is 16.5. The Bertz CT molecular complexity index is 1220. The maximum Gasteiger partial charge on any atom is 0.324 e. The van der Waals surface area contributed by atoms with Crippen molar-refractivity contribution >= 4 is 40.7 Å². The smallest absolute Gasteiger partial charge is 0.324 e. The monoisotopic (exact) mass is 462 g/mol. The Balaban J connectivity index is 1.65. The van der Waals surface area contributed by atoms with Crippen molar-refractivity contribution in [1.29, 1.82) is 0 Å². The van der Waals surface area contributed by atoms with E-state index in [9.17, 15) is 33.6 Å². The minimum Gasteiger partial charge on any atom is -0.465 e. The molecular formula is C25H18O9. The number of fused-ring (bicyclic) bond motifs is 2. The largest absolute Gasteiger partial charge is 0.465 e. The highest BCUT2D eigenvalue weighted by Crippen LogP contribution is 2.31. The molecular weight excluding hydrogens is 444 g/mol. The van der Waals surface area contributed by atoms with Crippen molar-refractivity contribution in [2.45, 2.75) is 6.92 Å². The number of benzene rings is 2. The second-order valence-corrected chi connectivity index (χ2v) is 7.82. The lowest BCUT2D eigenvalue weighted by molar-refractivity contribution is -0.144. The lowest BCUT2D eigenvalue weighted by Gasteiger charge is -2.05. The first kappa shape index (κ1) is 23.1. The van der Waals surface area contributed by atoms with Gasteiger partial charge in [0.05, 0.1) is 6.61 Å². The first-order valence-electron chi connectivity index (χ1n) is 10.4. The summed E-state index contributed by atoms with van der Waals surface area (Å²) < 4.78 is 9.54. The predicted octanol–water partition coefficient (Wildman–Crippen LogP) is 1.69. The molecule has 9 heteroatoms. The van der Waals surface area contributed by atoms with Crippen molar-refractivity contribution in [2.24, 2.45) is 11.8 Å². The molecule has 0 amide bonds. The molecule has 0 fully saturated rings. The van der Waals surface area contributed by atoms with Crippen LogP contribution in [0.5, 0.6) is 0 Å². The van der Waals surface area contributed by atoms with Gasteiger partial charge in [0.25, 0.3) is 0 Å². The third-order valence-electron chi connectivity index (χ3n) is 5.80. The van der Waals surface area contributed by atoms with E-state index in [0.29, 0.717) is 0 Å². The third-order valence-corrected chi connectivity index (χ3v) is 5.80. The van der Waals surface area contributed by atoms with Crippen LogP contribution >= 0.6 is 0 Å². The Morgan fingerprint density at radius 2 is 1.21 bits per heavy atom. The fourth-order valence-corrected chi connectivity index (χ4v) is 4.19. The number of Topliss-reactive ketones (excluding diaryl/α,β-unsaturated/α-hetero) is 5. The molecule has 0 saturated carbocycles. The van der Waals surface area contributed by atoms with Crippen LogP contribution in [0.25, 0.3) is 0 Å². The number of ether oxygens (including phenoxy) is 2. The van der Waals surface area contributed by atoms with Crippen LogP contribution in [0.2, 0.25) is 0 Å². The van der Waals surface area contributed by atoms with E-state index in [1.54, 1.807) is 6.92 Å². The molecule has 0 heterocycles. The topological polar surface area (TPSA) is 138 Å². The molecule has 0 bridgehead atoms. The summed E-state index contributed by atoms with van der Waals surface area (Å²) in [5.74, 6) is -8.06. The van der Waals surface area contributed by atoms with Gasteiger partial charge in [-0.1, -0.05) is 12.1 Å². The minimum atomic E-state index is -1.59. The molecule has 34 heavy (non-hydrogen) atoms. The summed E-state index contributed by atoms with van der Waals surface area (Å²) in [4.78, 5) is 87.6. The molecule has 0 aromatic heterocycles. The average molecular weight is 462 g/mol. The normalized spacial score (nSPS) is 18.6. The molecule has 2 aromatic carbocycles. The van der Waals surface area contributed by atoms with Gasteiger partial charge in [-0.2, -0.15) is 0 Å². The Morgan fingerprint density at radius 1 is 0.735 bits per heavy atom. The summed E-state index contributed by atoms with van der Waals surface area (Å²) >= 11 is 0. The Morgan fingerprint density at radius 3 is 1.71 bits per heavy atom. The number of esters is 1. The number of carbonyl (C=O) groups is 7. The lowest BCUT2D eigenvalue weighted by atomic mass is 9.96. The summed E-state index contributed by atoms with van der Waals surface area (Å²) in [7, 11) is 1.27. The van der Waals surface area contributed by atoms with Gasteiger partial charge in [-0.25, -0.2) is 0 Å². The van der Waals surface area contributed by atoms with E-state index in [2.05, 4.69) is 0 Å². The molecule has 2 unspecified atom stereocenters. The van der Waals surface area contributed by atoms with Crippen LogP contribution in [0.3, 0.4) is 0 Å². The van der Waals surface area contributed by atoms with Crippen molar-refractivity contribution in [3.8, 4) is 0 Å². The summed E-state index contributed by atoms with van der Waals surface area (Å²) in [6.45, 7) is 1.17. The summed E-state index contributed by atoms with van der Waals surface area (Å²) in [6.07, 6.45) is 0. The van der Waals surface area contributed by atoms with Crippen molar-refractivity contribution in [2.75, 3.05) is 20.3 Å². The number of ketones is 6. The van der Waals surface area contributed by atoms with Gasteiger partial charge in [0.2, 0.25) is 0 Å². The Labute approximate surface area is 193 Å². The van der Waals surface area contributed by atoms with E-state index >= 15 is 0 Å². The lowest BCUT2D eigenvalue weighted by Crippen LogP contribution is -2.28. The van der Waals surface area contributed by atoms with Gasteiger partial charge in [-0.15, -0.1) is 0 Å². The van der Waals surface area contributed by atoms with Crippen molar-refractivity contribution in [3.63, 3.8) is 0 Å². The molecule has 0 N–H and O–H groups in total. The van der Waals surface area contributed by atoms with E-state index < -0.39 is 59.1 Å². The van der Waals surface area contributed by atoms with Gasteiger partial charge >= 0.3 is 5.97 Å². The molecule has 2 atom stereocenters. The first-order chi connectivity index (χ1) is 16.2. The number of carbonyl (C=O) groups excluding carboxylic acids is 7. The van der Waals surface area contributed by atoms with Gasteiger partial charge in [-0.3, -0.25) is 33.6 Å². The Hall–Kier alpha value is -4.11. The Kier molecular flexibility index (Phi) is 5.89. The molecule has 2 aliphatic carbocycles. The summed E-state index contributed by atoms with van der Waals surface area (Å²) in [6, 6.07) is 7.75. The first-order valence-corrected chi connectivity index (χ1v) is 10.4. The average Bonchev–Trinajstić information content (AvgIpc) is 3.22. The van der Waals surface area contributed by atoms with Gasteiger partial charge in [-0.05, 0) is 31.2 Å². The van der Waals surface area contributed by atoms with E-state index in [1.165, 1.54) is 43.5 Å². The molecule has 0 spiro atoms. The zero-order valence-corrected chi connectivity index (χ0v) is 18.2.